The number of furan rings is 1. The fourth-order valence-electron chi connectivity index (χ4n) is 1.37. The number of amides is 1. The van der Waals surface area contributed by atoms with Crippen LogP contribution < -0.4 is 0 Å². The van der Waals surface area contributed by atoms with Crippen molar-refractivity contribution in [3.05, 3.63) is 22.6 Å². The number of morpholine rings is 1. The molecule has 1 aliphatic heterocycles. The molecule has 14 heavy (non-hydrogen) atoms. The summed E-state index contributed by atoms with van der Waals surface area (Å²) in [5.74, 6) is 0.0357. The maximum Gasteiger partial charge on any atom is 0.248 e. The number of ether oxygens (including phenoxy) is 1. The van der Waals surface area contributed by atoms with E-state index in [1.165, 1.54) is 0 Å². The van der Waals surface area contributed by atoms with Gasteiger partial charge in [-0.1, -0.05) is 0 Å². The van der Waals surface area contributed by atoms with Crippen molar-refractivity contribution in [2.75, 3.05) is 19.8 Å². The molecule has 1 aromatic rings. The van der Waals surface area contributed by atoms with Crippen molar-refractivity contribution in [3.63, 3.8) is 0 Å². The highest BCUT2D eigenvalue weighted by atomic mass is 79.9. The third-order valence-electron chi connectivity index (χ3n) is 2.08. The Balaban J connectivity index is 1.99. The molecule has 0 aromatic carbocycles. The summed E-state index contributed by atoms with van der Waals surface area (Å²) in [6, 6.07) is 1.86. The molecule has 0 bridgehead atoms. The van der Waals surface area contributed by atoms with Crippen LogP contribution in [0.3, 0.4) is 0 Å². The molecule has 2 rings (SSSR count). The molecule has 0 atom stereocenters. The van der Waals surface area contributed by atoms with Gasteiger partial charge in [-0.2, -0.15) is 0 Å². The Kier molecular flexibility index (Phi) is 2.88. The Morgan fingerprint density at radius 2 is 2.43 bits per heavy atom. The molecule has 0 spiro atoms. The van der Waals surface area contributed by atoms with Crippen molar-refractivity contribution in [2.45, 2.75) is 6.54 Å². The molecule has 2 heterocycles. The first-order chi connectivity index (χ1) is 6.75. The summed E-state index contributed by atoms with van der Waals surface area (Å²) in [6.45, 7) is 2.06. The zero-order valence-corrected chi connectivity index (χ0v) is 9.12. The van der Waals surface area contributed by atoms with Crippen LogP contribution in [0.4, 0.5) is 0 Å². The minimum Gasteiger partial charge on any atom is -0.457 e. The van der Waals surface area contributed by atoms with E-state index in [1.807, 2.05) is 6.07 Å². The fraction of sp³-hybridized carbons (Fsp3) is 0.444. The van der Waals surface area contributed by atoms with E-state index in [2.05, 4.69) is 15.9 Å². The quantitative estimate of drug-likeness (QED) is 0.807. The first kappa shape index (κ1) is 9.73. The molecule has 0 saturated carbocycles. The van der Waals surface area contributed by atoms with Crippen molar-refractivity contribution in [2.24, 2.45) is 0 Å². The topological polar surface area (TPSA) is 42.7 Å². The van der Waals surface area contributed by atoms with E-state index >= 15 is 0 Å². The van der Waals surface area contributed by atoms with Crippen LogP contribution in [-0.2, 0) is 16.1 Å². The second-order valence-corrected chi connectivity index (χ2v) is 3.91. The number of carbonyl (C=O) groups is 1. The van der Waals surface area contributed by atoms with Gasteiger partial charge in [-0.05, 0) is 22.0 Å². The average molecular weight is 260 g/mol. The van der Waals surface area contributed by atoms with Crippen LogP contribution in [0.15, 0.2) is 21.4 Å². The molecule has 5 heteroatoms. The summed E-state index contributed by atoms with van der Waals surface area (Å²) in [4.78, 5) is 13.1. The lowest BCUT2D eigenvalue weighted by atomic mass is 10.3. The molecule has 1 saturated heterocycles. The first-order valence-electron chi connectivity index (χ1n) is 4.34. The van der Waals surface area contributed by atoms with Gasteiger partial charge < -0.3 is 14.1 Å². The number of carbonyl (C=O) groups excluding carboxylic acids is 1. The lowest BCUT2D eigenvalue weighted by Crippen LogP contribution is -2.40. The summed E-state index contributed by atoms with van der Waals surface area (Å²) in [5.41, 5.74) is 0.993. The largest absolute Gasteiger partial charge is 0.457 e. The number of rotatable bonds is 2. The molecule has 1 aliphatic rings. The molecule has 0 radical (unpaired) electrons. The van der Waals surface area contributed by atoms with Gasteiger partial charge >= 0.3 is 0 Å². The number of hydrogen-bond acceptors (Lipinski definition) is 3. The van der Waals surface area contributed by atoms with Gasteiger partial charge in [-0.25, -0.2) is 0 Å². The molecule has 1 amide bonds. The minimum absolute atomic E-state index is 0.0357. The van der Waals surface area contributed by atoms with Crippen molar-refractivity contribution in [3.8, 4) is 0 Å². The predicted molar refractivity (Wildman–Crippen MR) is 52.6 cm³/mol. The van der Waals surface area contributed by atoms with Crippen molar-refractivity contribution in [1.29, 1.82) is 0 Å². The maximum absolute atomic E-state index is 11.4. The molecule has 1 aromatic heterocycles. The van der Waals surface area contributed by atoms with Gasteiger partial charge in [-0.15, -0.1) is 0 Å². The summed E-state index contributed by atoms with van der Waals surface area (Å²) < 4.78 is 10.8. The number of halogens is 1. The minimum atomic E-state index is 0.0357. The van der Waals surface area contributed by atoms with Gasteiger partial charge in [0.1, 0.15) is 6.61 Å². The first-order valence-corrected chi connectivity index (χ1v) is 5.13. The second kappa shape index (κ2) is 4.14. The van der Waals surface area contributed by atoms with Gasteiger partial charge in [0.05, 0.1) is 12.9 Å². The van der Waals surface area contributed by atoms with Crippen molar-refractivity contribution in [1.82, 2.24) is 4.90 Å². The molecule has 1 fully saturated rings. The van der Waals surface area contributed by atoms with E-state index in [4.69, 9.17) is 9.15 Å². The molecular formula is C9H10BrNO3. The van der Waals surface area contributed by atoms with Crippen LogP contribution in [0, 0.1) is 0 Å². The predicted octanol–water partition coefficient (Wildman–Crippen LogP) is 1.40. The summed E-state index contributed by atoms with van der Waals surface area (Å²) in [5, 5.41) is 0. The summed E-state index contributed by atoms with van der Waals surface area (Å²) >= 11 is 3.22. The molecule has 76 valence electrons. The third-order valence-corrected chi connectivity index (χ3v) is 2.49. The molecule has 0 aliphatic carbocycles. The number of hydrogen-bond donors (Lipinski definition) is 0. The van der Waals surface area contributed by atoms with Crippen LogP contribution in [0.2, 0.25) is 0 Å². The van der Waals surface area contributed by atoms with E-state index in [9.17, 15) is 4.79 Å². The van der Waals surface area contributed by atoms with E-state index in [1.54, 1.807) is 11.2 Å². The van der Waals surface area contributed by atoms with Crippen LogP contribution in [0.5, 0.6) is 0 Å². The Hall–Kier alpha value is -0.810. The van der Waals surface area contributed by atoms with Crippen LogP contribution >= 0.6 is 15.9 Å². The Morgan fingerprint density at radius 3 is 3.07 bits per heavy atom. The fourth-order valence-corrected chi connectivity index (χ4v) is 1.75. The summed E-state index contributed by atoms with van der Waals surface area (Å²) in [6.07, 6.45) is 1.65. The summed E-state index contributed by atoms with van der Waals surface area (Å²) in [7, 11) is 0. The third kappa shape index (κ3) is 2.16. The maximum atomic E-state index is 11.4. The van der Waals surface area contributed by atoms with Crippen molar-refractivity contribution < 1.29 is 13.9 Å². The molecular weight excluding hydrogens is 250 g/mol. The zero-order chi connectivity index (χ0) is 9.97. The number of nitrogens with zero attached hydrogens (tertiary/aromatic N) is 1. The van der Waals surface area contributed by atoms with Crippen LogP contribution in [0.25, 0.3) is 0 Å². The van der Waals surface area contributed by atoms with Gasteiger partial charge in [0, 0.05) is 18.7 Å². The molecule has 0 unspecified atom stereocenters. The van der Waals surface area contributed by atoms with Gasteiger partial charge in [0.25, 0.3) is 0 Å². The Morgan fingerprint density at radius 1 is 1.57 bits per heavy atom. The normalized spacial score (nSPS) is 17.5. The van der Waals surface area contributed by atoms with Gasteiger partial charge in [-0.3, -0.25) is 4.79 Å². The van der Waals surface area contributed by atoms with Crippen LogP contribution in [0.1, 0.15) is 5.56 Å². The SMILES string of the molecule is O=C1COCCN1Cc1coc(Br)c1. The van der Waals surface area contributed by atoms with E-state index in [0.29, 0.717) is 24.4 Å². The highest BCUT2D eigenvalue weighted by Gasteiger charge is 2.18. The van der Waals surface area contributed by atoms with Gasteiger partial charge in [0.15, 0.2) is 4.67 Å². The zero-order valence-electron chi connectivity index (χ0n) is 7.53. The second-order valence-electron chi connectivity index (χ2n) is 3.13. The van der Waals surface area contributed by atoms with E-state index in [-0.39, 0.29) is 12.5 Å². The smallest absolute Gasteiger partial charge is 0.248 e. The molecule has 4 nitrogen and oxygen atoms in total. The van der Waals surface area contributed by atoms with E-state index < -0.39 is 0 Å². The Bertz CT molecular complexity index is 337. The lowest BCUT2D eigenvalue weighted by molar-refractivity contribution is -0.143. The van der Waals surface area contributed by atoms with Crippen LogP contribution in [-0.4, -0.2) is 30.6 Å². The molecule has 0 N–H and O–H groups in total. The highest BCUT2D eigenvalue weighted by Crippen LogP contribution is 2.16. The standard InChI is InChI=1S/C9H10BrNO3/c10-8-3-7(5-14-8)4-11-1-2-13-6-9(11)12/h3,5H,1-2,4,6H2. The Labute approximate surface area is 89.9 Å². The van der Waals surface area contributed by atoms with Gasteiger partial charge in [0.2, 0.25) is 5.91 Å². The lowest BCUT2D eigenvalue weighted by Gasteiger charge is -2.26. The highest BCUT2D eigenvalue weighted by molar-refractivity contribution is 9.10. The monoisotopic (exact) mass is 259 g/mol. The average Bonchev–Trinajstić information content (AvgIpc) is 2.56. The van der Waals surface area contributed by atoms with E-state index in [0.717, 1.165) is 5.56 Å². The van der Waals surface area contributed by atoms with Crippen molar-refractivity contribution >= 4 is 21.8 Å².